The van der Waals surface area contributed by atoms with Crippen LogP contribution in [0.15, 0.2) is 28.7 Å². The Labute approximate surface area is 135 Å². The van der Waals surface area contributed by atoms with Gasteiger partial charge in [0.2, 0.25) is 5.91 Å². The summed E-state index contributed by atoms with van der Waals surface area (Å²) in [6.45, 7) is 4.79. The lowest BCUT2D eigenvalue weighted by Gasteiger charge is -2.14. The third kappa shape index (κ3) is 3.16. The summed E-state index contributed by atoms with van der Waals surface area (Å²) in [5.74, 6) is -0.289. The maximum absolute atomic E-state index is 12.3. The first-order valence-corrected chi connectivity index (χ1v) is 7.37. The van der Waals surface area contributed by atoms with Gasteiger partial charge < -0.3 is 5.32 Å². The molecule has 0 saturated carbocycles. The van der Waals surface area contributed by atoms with Gasteiger partial charge in [-0.15, -0.1) is 0 Å². The normalized spacial score (nSPS) is 12.0. The van der Waals surface area contributed by atoms with Crippen molar-refractivity contribution in [1.82, 2.24) is 9.78 Å². The number of benzene rings is 1. The monoisotopic (exact) mass is 366 g/mol. The van der Waals surface area contributed by atoms with Gasteiger partial charge in [-0.3, -0.25) is 19.6 Å². The highest BCUT2D eigenvalue weighted by atomic mass is 79.9. The van der Waals surface area contributed by atoms with Crippen LogP contribution in [0.3, 0.4) is 0 Å². The van der Waals surface area contributed by atoms with Crippen molar-refractivity contribution in [3.05, 3.63) is 50.2 Å². The molecule has 1 N–H and O–H groups in total. The van der Waals surface area contributed by atoms with Gasteiger partial charge in [0.15, 0.2) is 0 Å². The molecular weight excluding hydrogens is 352 g/mol. The molecule has 0 bridgehead atoms. The van der Waals surface area contributed by atoms with E-state index in [-0.39, 0.29) is 11.6 Å². The number of aromatic nitrogens is 2. The highest BCUT2D eigenvalue weighted by Gasteiger charge is 2.27. The van der Waals surface area contributed by atoms with Gasteiger partial charge in [0.05, 0.1) is 4.92 Å². The van der Waals surface area contributed by atoms with Crippen molar-refractivity contribution in [2.45, 2.75) is 26.8 Å². The van der Waals surface area contributed by atoms with E-state index in [0.29, 0.717) is 17.1 Å². The number of halogens is 1. The molecule has 7 nitrogen and oxygen atoms in total. The number of anilines is 1. The number of carbonyl (C=O) groups is 1. The minimum Gasteiger partial charge on any atom is -0.324 e. The summed E-state index contributed by atoms with van der Waals surface area (Å²) < 4.78 is 2.29. The summed E-state index contributed by atoms with van der Waals surface area (Å²) in [5, 5.41) is 17.9. The molecular formula is C14H15BrN4O3. The van der Waals surface area contributed by atoms with Gasteiger partial charge in [0.1, 0.15) is 17.4 Å². The van der Waals surface area contributed by atoms with Crippen molar-refractivity contribution < 1.29 is 9.72 Å². The van der Waals surface area contributed by atoms with Crippen LogP contribution in [0.5, 0.6) is 0 Å². The molecule has 1 aromatic carbocycles. The Kier molecular flexibility index (Phi) is 4.60. The number of nitrogens with zero attached hydrogens (tertiary/aromatic N) is 3. The second kappa shape index (κ2) is 6.27. The number of rotatable bonds is 4. The van der Waals surface area contributed by atoms with Crippen molar-refractivity contribution in [3.8, 4) is 0 Å². The Balaban J connectivity index is 2.22. The number of amides is 1. The van der Waals surface area contributed by atoms with Crippen LogP contribution in [0.1, 0.15) is 24.4 Å². The van der Waals surface area contributed by atoms with E-state index in [1.165, 1.54) is 4.68 Å². The van der Waals surface area contributed by atoms with Crippen molar-refractivity contribution in [1.29, 1.82) is 0 Å². The van der Waals surface area contributed by atoms with E-state index in [4.69, 9.17) is 0 Å². The summed E-state index contributed by atoms with van der Waals surface area (Å²) >= 11 is 3.32. The predicted octanol–water partition coefficient (Wildman–Crippen LogP) is 3.37. The molecule has 0 radical (unpaired) electrons. The Morgan fingerprint density at radius 3 is 2.45 bits per heavy atom. The molecule has 1 heterocycles. The van der Waals surface area contributed by atoms with Gasteiger partial charge in [-0.05, 0) is 45.0 Å². The third-order valence-electron chi connectivity index (χ3n) is 3.33. The maximum atomic E-state index is 12.3. The number of hydrogen-bond acceptors (Lipinski definition) is 4. The van der Waals surface area contributed by atoms with E-state index < -0.39 is 11.0 Å². The number of aryl methyl sites for hydroxylation is 1. The van der Waals surface area contributed by atoms with Gasteiger partial charge >= 0.3 is 5.69 Å². The molecule has 0 fully saturated rings. The first-order chi connectivity index (χ1) is 10.3. The molecule has 2 aromatic rings. The summed E-state index contributed by atoms with van der Waals surface area (Å²) in [4.78, 5) is 22.8. The minimum absolute atomic E-state index is 0.0525. The number of carbonyl (C=O) groups excluding carboxylic acids is 1. The SMILES string of the molecule is Cc1nn([C@H](C)C(=O)Nc2ccc(Br)cc2)c(C)c1[N+](=O)[O-]. The van der Waals surface area contributed by atoms with Crippen LogP contribution in [0.4, 0.5) is 11.4 Å². The lowest BCUT2D eigenvalue weighted by atomic mass is 10.2. The van der Waals surface area contributed by atoms with E-state index in [1.54, 1.807) is 32.9 Å². The van der Waals surface area contributed by atoms with Crippen LogP contribution < -0.4 is 5.32 Å². The predicted molar refractivity (Wildman–Crippen MR) is 85.8 cm³/mol. The van der Waals surface area contributed by atoms with E-state index in [0.717, 1.165) is 4.47 Å². The Morgan fingerprint density at radius 2 is 1.95 bits per heavy atom. The summed E-state index contributed by atoms with van der Waals surface area (Å²) in [6.07, 6.45) is 0. The lowest BCUT2D eigenvalue weighted by Crippen LogP contribution is -2.25. The quantitative estimate of drug-likeness (QED) is 0.663. The van der Waals surface area contributed by atoms with Crippen molar-refractivity contribution >= 4 is 33.2 Å². The standard InChI is InChI=1S/C14H15BrN4O3/c1-8-13(19(21)22)9(2)18(17-8)10(3)14(20)16-12-6-4-11(15)5-7-12/h4-7,10H,1-3H3,(H,16,20)/t10-/m1/s1. The van der Waals surface area contributed by atoms with Crippen LogP contribution in [0.2, 0.25) is 0 Å². The van der Waals surface area contributed by atoms with Gasteiger partial charge in [0.25, 0.3) is 0 Å². The average molecular weight is 367 g/mol. The molecule has 116 valence electrons. The van der Waals surface area contributed by atoms with E-state index in [9.17, 15) is 14.9 Å². The van der Waals surface area contributed by atoms with Crippen LogP contribution in [0.25, 0.3) is 0 Å². The van der Waals surface area contributed by atoms with E-state index in [1.807, 2.05) is 12.1 Å². The number of nitrogens with one attached hydrogen (secondary N) is 1. The van der Waals surface area contributed by atoms with Crippen LogP contribution >= 0.6 is 15.9 Å². The molecule has 0 unspecified atom stereocenters. The molecule has 1 aromatic heterocycles. The molecule has 0 saturated heterocycles. The van der Waals surface area contributed by atoms with E-state index >= 15 is 0 Å². The first-order valence-electron chi connectivity index (χ1n) is 6.57. The molecule has 8 heteroatoms. The molecule has 2 rings (SSSR count). The zero-order valence-electron chi connectivity index (χ0n) is 12.3. The minimum atomic E-state index is -0.656. The second-order valence-electron chi connectivity index (χ2n) is 4.89. The smallest absolute Gasteiger partial charge is 0.312 e. The molecule has 1 atom stereocenters. The number of hydrogen-bond donors (Lipinski definition) is 1. The Morgan fingerprint density at radius 1 is 1.36 bits per heavy atom. The van der Waals surface area contributed by atoms with Crippen LogP contribution in [-0.4, -0.2) is 20.6 Å². The molecule has 0 aliphatic carbocycles. The first kappa shape index (κ1) is 16.2. The molecule has 22 heavy (non-hydrogen) atoms. The van der Waals surface area contributed by atoms with Gasteiger partial charge in [-0.2, -0.15) is 5.10 Å². The lowest BCUT2D eigenvalue weighted by molar-refractivity contribution is -0.386. The summed E-state index contributed by atoms with van der Waals surface area (Å²) in [5.41, 5.74) is 1.26. The zero-order chi connectivity index (χ0) is 16.4. The number of nitro groups is 1. The van der Waals surface area contributed by atoms with Crippen LogP contribution in [-0.2, 0) is 4.79 Å². The average Bonchev–Trinajstić information content (AvgIpc) is 2.75. The Hall–Kier alpha value is -2.22. The molecule has 0 aliphatic rings. The topological polar surface area (TPSA) is 90.1 Å². The molecule has 0 spiro atoms. The van der Waals surface area contributed by atoms with Crippen molar-refractivity contribution in [2.24, 2.45) is 0 Å². The summed E-state index contributed by atoms with van der Waals surface area (Å²) in [6, 6.07) is 6.50. The fourth-order valence-corrected chi connectivity index (χ4v) is 2.45. The summed E-state index contributed by atoms with van der Waals surface area (Å²) in [7, 11) is 0. The fourth-order valence-electron chi connectivity index (χ4n) is 2.19. The van der Waals surface area contributed by atoms with Gasteiger partial charge in [-0.25, -0.2) is 0 Å². The maximum Gasteiger partial charge on any atom is 0.312 e. The zero-order valence-corrected chi connectivity index (χ0v) is 13.9. The fraction of sp³-hybridized carbons (Fsp3) is 0.286. The molecule has 0 aliphatic heterocycles. The molecule has 1 amide bonds. The third-order valence-corrected chi connectivity index (χ3v) is 3.86. The second-order valence-corrected chi connectivity index (χ2v) is 5.81. The highest BCUT2D eigenvalue weighted by Crippen LogP contribution is 2.25. The largest absolute Gasteiger partial charge is 0.324 e. The van der Waals surface area contributed by atoms with Crippen LogP contribution in [0, 0.1) is 24.0 Å². The van der Waals surface area contributed by atoms with Crippen molar-refractivity contribution in [2.75, 3.05) is 5.32 Å². The van der Waals surface area contributed by atoms with Crippen molar-refractivity contribution in [3.63, 3.8) is 0 Å². The van der Waals surface area contributed by atoms with Gasteiger partial charge in [-0.1, -0.05) is 15.9 Å². The highest BCUT2D eigenvalue weighted by molar-refractivity contribution is 9.10. The van der Waals surface area contributed by atoms with E-state index in [2.05, 4.69) is 26.3 Å². The Bertz CT molecular complexity index is 724. The van der Waals surface area contributed by atoms with Gasteiger partial charge in [0, 0.05) is 10.2 Å².